The molecule has 1 saturated heterocycles. The Balaban J connectivity index is 0.00000196. The molecule has 1 aliphatic heterocycles. The number of carbonyl (C=O) groups is 2. The molecule has 0 aromatic heterocycles. The standard InChI is InChI=1S/C9H17N3O2.ClH/c1-12-5-2-7(6-8(12)13)9(14)11-4-3-10;/h7H,2-6,10H2,1H3,(H,11,14);1H. The van der Waals surface area contributed by atoms with Gasteiger partial charge in [0.2, 0.25) is 11.8 Å². The second-order valence-corrected chi connectivity index (χ2v) is 3.58. The Labute approximate surface area is 95.8 Å². The van der Waals surface area contributed by atoms with E-state index in [2.05, 4.69) is 5.32 Å². The summed E-state index contributed by atoms with van der Waals surface area (Å²) in [4.78, 5) is 24.4. The SMILES string of the molecule is CN1CCC(C(=O)NCCN)CC1=O.Cl. The molecule has 1 aliphatic rings. The Morgan fingerprint density at radius 3 is 2.87 bits per heavy atom. The molecule has 6 heteroatoms. The highest BCUT2D eigenvalue weighted by atomic mass is 35.5. The molecule has 1 heterocycles. The van der Waals surface area contributed by atoms with Crippen molar-refractivity contribution in [3.63, 3.8) is 0 Å². The van der Waals surface area contributed by atoms with Crippen molar-refractivity contribution in [3.8, 4) is 0 Å². The lowest BCUT2D eigenvalue weighted by Gasteiger charge is -2.27. The molecule has 0 spiro atoms. The molecule has 15 heavy (non-hydrogen) atoms. The Kier molecular flexibility index (Phi) is 6.27. The third-order valence-corrected chi connectivity index (χ3v) is 2.47. The Morgan fingerprint density at radius 1 is 1.67 bits per heavy atom. The van der Waals surface area contributed by atoms with Crippen molar-refractivity contribution in [1.82, 2.24) is 10.2 Å². The van der Waals surface area contributed by atoms with Crippen LogP contribution in [0.2, 0.25) is 0 Å². The molecule has 1 unspecified atom stereocenters. The number of halogens is 1. The van der Waals surface area contributed by atoms with Crippen LogP contribution >= 0.6 is 12.4 Å². The van der Waals surface area contributed by atoms with Gasteiger partial charge in [0.05, 0.1) is 0 Å². The minimum absolute atomic E-state index is 0. The summed E-state index contributed by atoms with van der Waals surface area (Å²) in [5.41, 5.74) is 5.27. The summed E-state index contributed by atoms with van der Waals surface area (Å²) >= 11 is 0. The van der Waals surface area contributed by atoms with Crippen LogP contribution in [-0.4, -0.2) is 43.4 Å². The molecule has 88 valence electrons. The van der Waals surface area contributed by atoms with Gasteiger partial charge in [-0.3, -0.25) is 9.59 Å². The van der Waals surface area contributed by atoms with Crippen LogP contribution in [0.5, 0.6) is 0 Å². The molecule has 0 aliphatic carbocycles. The van der Waals surface area contributed by atoms with Gasteiger partial charge in [-0.2, -0.15) is 0 Å². The first-order valence-corrected chi connectivity index (χ1v) is 4.87. The number of nitrogens with one attached hydrogen (secondary N) is 1. The van der Waals surface area contributed by atoms with Crippen molar-refractivity contribution in [3.05, 3.63) is 0 Å². The molecule has 5 nitrogen and oxygen atoms in total. The van der Waals surface area contributed by atoms with E-state index in [0.29, 0.717) is 26.1 Å². The Hall–Kier alpha value is -0.810. The van der Waals surface area contributed by atoms with Crippen molar-refractivity contribution in [1.29, 1.82) is 0 Å². The molecule has 1 fully saturated rings. The van der Waals surface area contributed by atoms with Crippen molar-refractivity contribution in [2.45, 2.75) is 12.8 Å². The quantitative estimate of drug-likeness (QED) is 0.683. The average molecular weight is 236 g/mol. The maximum atomic E-state index is 11.5. The number of carbonyl (C=O) groups excluding carboxylic acids is 2. The zero-order valence-electron chi connectivity index (χ0n) is 8.86. The van der Waals surface area contributed by atoms with Crippen LogP contribution in [0, 0.1) is 5.92 Å². The van der Waals surface area contributed by atoms with E-state index in [9.17, 15) is 9.59 Å². The van der Waals surface area contributed by atoms with E-state index in [-0.39, 0.29) is 30.1 Å². The van der Waals surface area contributed by atoms with Crippen LogP contribution in [0.4, 0.5) is 0 Å². The van der Waals surface area contributed by atoms with E-state index in [1.165, 1.54) is 0 Å². The highest BCUT2D eigenvalue weighted by Crippen LogP contribution is 2.16. The molecular weight excluding hydrogens is 218 g/mol. The van der Waals surface area contributed by atoms with Gasteiger partial charge in [0.25, 0.3) is 0 Å². The van der Waals surface area contributed by atoms with Gasteiger partial charge in [0.1, 0.15) is 0 Å². The summed E-state index contributed by atoms with van der Waals surface area (Å²) in [5, 5.41) is 2.70. The predicted molar refractivity (Wildman–Crippen MR) is 59.7 cm³/mol. The lowest BCUT2D eigenvalue weighted by molar-refractivity contribution is -0.139. The monoisotopic (exact) mass is 235 g/mol. The van der Waals surface area contributed by atoms with E-state index in [1.54, 1.807) is 11.9 Å². The summed E-state index contributed by atoms with van der Waals surface area (Å²) < 4.78 is 0. The summed E-state index contributed by atoms with van der Waals surface area (Å²) in [5.74, 6) is -0.161. The van der Waals surface area contributed by atoms with Gasteiger partial charge >= 0.3 is 0 Å². The number of rotatable bonds is 3. The lowest BCUT2D eigenvalue weighted by Crippen LogP contribution is -2.43. The third-order valence-electron chi connectivity index (χ3n) is 2.47. The number of nitrogens with zero attached hydrogens (tertiary/aromatic N) is 1. The van der Waals surface area contributed by atoms with Gasteiger partial charge in [-0.1, -0.05) is 0 Å². The fourth-order valence-electron chi connectivity index (χ4n) is 1.51. The number of amides is 2. The molecule has 1 atom stereocenters. The van der Waals surface area contributed by atoms with Crippen LogP contribution in [-0.2, 0) is 9.59 Å². The summed E-state index contributed by atoms with van der Waals surface area (Å²) in [7, 11) is 1.76. The number of hydrogen-bond acceptors (Lipinski definition) is 3. The maximum Gasteiger partial charge on any atom is 0.223 e. The first kappa shape index (κ1) is 14.2. The van der Waals surface area contributed by atoms with Crippen LogP contribution < -0.4 is 11.1 Å². The summed E-state index contributed by atoms with van der Waals surface area (Å²) in [6.45, 7) is 1.59. The summed E-state index contributed by atoms with van der Waals surface area (Å²) in [6.07, 6.45) is 1.07. The van der Waals surface area contributed by atoms with Gasteiger partial charge in [0, 0.05) is 39.0 Å². The molecule has 1 rings (SSSR count). The molecule has 3 N–H and O–H groups in total. The zero-order valence-corrected chi connectivity index (χ0v) is 9.68. The van der Waals surface area contributed by atoms with Gasteiger partial charge in [-0.05, 0) is 6.42 Å². The molecule has 0 aromatic carbocycles. The normalized spacial score (nSPS) is 20.8. The lowest BCUT2D eigenvalue weighted by atomic mass is 9.96. The Morgan fingerprint density at radius 2 is 2.33 bits per heavy atom. The molecule has 2 amide bonds. The van der Waals surface area contributed by atoms with E-state index < -0.39 is 0 Å². The fraction of sp³-hybridized carbons (Fsp3) is 0.778. The van der Waals surface area contributed by atoms with Crippen LogP contribution in [0.25, 0.3) is 0 Å². The van der Waals surface area contributed by atoms with E-state index >= 15 is 0 Å². The number of piperidine rings is 1. The van der Waals surface area contributed by atoms with Crippen LogP contribution in [0.3, 0.4) is 0 Å². The third kappa shape index (κ3) is 4.05. The average Bonchev–Trinajstić information content (AvgIpc) is 2.18. The second kappa shape index (κ2) is 6.63. The topological polar surface area (TPSA) is 75.4 Å². The summed E-state index contributed by atoms with van der Waals surface area (Å²) in [6, 6.07) is 0. The van der Waals surface area contributed by atoms with Crippen molar-refractivity contribution in [2.75, 3.05) is 26.7 Å². The number of nitrogens with two attached hydrogens (primary N) is 1. The van der Waals surface area contributed by atoms with Gasteiger partial charge in [0.15, 0.2) is 0 Å². The molecular formula is C9H18ClN3O2. The second-order valence-electron chi connectivity index (χ2n) is 3.58. The number of likely N-dealkylation sites (tertiary alicyclic amines) is 1. The maximum absolute atomic E-state index is 11.5. The van der Waals surface area contributed by atoms with E-state index in [4.69, 9.17) is 5.73 Å². The highest BCUT2D eigenvalue weighted by molar-refractivity contribution is 5.86. The van der Waals surface area contributed by atoms with Crippen molar-refractivity contribution in [2.24, 2.45) is 11.7 Å². The van der Waals surface area contributed by atoms with Crippen LogP contribution in [0.1, 0.15) is 12.8 Å². The first-order valence-electron chi connectivity index (χ1n) is 4.87. The number of hydrogen-bond donors (Lipinski definition) is 2. The van der Waals surface area contributed by atoms with Crippen molar-refractivity contribution < 1.29 is 9.59 Å². The molecule has 0 radical (unpaired) electrons. The molecule has 0 saturated carbocycles. The Bertz CT molecular complexity index is 235. The van der Waals surface area contributed by atoms with E-state index in [1.807, 2.05) is 0 Å². The van der Waals surface area contributed by atoms with Gasteiger partial charge < -0.3 is 16.0 Å². The predicted octanol–water partition coefficient (Wildman–Crippen LogP) is -0.648. The fourth-order valence-corrected chi connectivity index (χ4v) is 1.51. The molecule has 0 aromatic rings. The van der Waals surface area contributed by atoms with Crippen LogP contribution in [0.15, 0.2) is 0 Å². The minimum Gasteiger partial charge on any atom is -0.355 e. The smallest absolute Gasteiger partial charge is 0.223 e. The van der Waals surface area contributed by atoms with E-state index in [0.717, 1.165) is 6.42 Å². The first-order chi connectivity index (χ1) is 6.65. The van der Waals surface area contributed by atoms with Gasteiger partial charge in [-0.15, -0.1) is 12.4 Å². The largest absolute Gasteiger partial charge is 0.355 e. The zero-order chi connectivity index (χ0) is 10.6. The van der Waals surface area contributed by atoms with Crippen molar-refractivity contribution >= 4 is 24.2 Å². The van der Waals surface area contributed by atoms with Gasteiger partial charge in [-0.25, -0.2) is 0 Å². The highest BCUT2D eigenvalue weighted by Gasteiger charge is 2.27. The minimum atomic E-state index is -0.162. The molecule has 0 bridgehead atoms.